The molecule has 0 spiro atoms. The number of carbonyl (C=O) groups is 1. The van der Waals surface area contributed by atoms with Gasteiger partial charge in [0.1, 0.15) is 6.04 Å². The molecule has 0 aliphatic heterocycles. The number of amides is 1. The van der Waals surface area contributed by atoms with Crippen molar-refractivity contribution in [2.45, 2.75) is 58.0 Å². The topological polar surface area (TPSA) is 47.4 Å². The molecule has 1 rings (SSSR count). The van der Waals surface area contributed by atoms with Gasteiger partial charge in [-0.25, -0.2) is 0 Å². The predicted octanol–water partition coefficient (Wildman–Crippen LogP) is 2.61. The summed E-state index contributed by atoms with van der Waals surface area (Å²) < 4.78 is 0. The molecule has 0 saturated heterocycles. The third kappa shape index (κ3) is 3.34. The van der Waals surface area contributed by atoms with Crippen LogP contribution in [0.2, 0.25) is 0 Å². The minimum atomic E-state index is -0.202. The van der Waals surface area contributed by atoms with E-state index in [4.69, 9.17) is 5.41 Å². The summed E-state index contributed by atoms with van der Waals surface area (Å²) in [5.41, 5.74) is 0. The summed E-state index contributed by atoms with van der Waals surface area (Å²) in [6.45, 7) is 3.91. The van der Waals surface area contributed by atoms with Crippen LogP contribution in [0, 0.1) is 5.41 Å². The third-order valence-corrected chi connectivity index (χ3v) is 3.65. The van der Waals surface area contributed by atoms with Gasteiger partial charge in [0.2, 0.25) is 5.91 Å². The first-order valence-electron chi connectivity index (χ1n) is 6.83. The molecule has 4 heteroatoms. The van der Waals surface area contributed by atoms with Gasteiger partial charge in [0.25, 0.3) is 0 Å². The highest BCUT2D eigenvalue weighted by Crippen LogP contribution is 2.25. The lowest BCUT2D eigenvalue weighted by Gasteiger charge is -2.34. The number of carbonyl (C=O) groups excluding carboxylic acids is 1. The van der Waals surface area contributed by atoms with Crippen LogP contribution in [0.4, 0.5) is 0 Å². The molecule has 102 valence electrons. The van der Waals surface area contributed by atoms with E-state index < -0.39 is 0 Å². The maximum absolute atomic E-state index is 12.4. The molecule has 0 bridgehead atoms. The van der Waals surface area contributed by atoms with E-state index in [2.05, 4.69) is 0 Å². The van der Waals surface area contributed by atoms with Gasteiger partial charge in [-0.1, -0.05) is 25.8 Å². The first-order valence-corrected chi connectivity index (χ1v) is 6.83. The molecule has 0 heterocycles. The van der Waals surface area contributed by atoms with E-state index >= 15 is 0 Å². The Morgan fingerprint density at radius 2 is 2.06 bits per heavy atom. The van der Waals surface area contributed by atoms with Crippen LogP contribution < -0.4 is 0 Å². The molecule has 1 N–H and O–H groups in total. The van der Waals surface area contributed by atoms with E-state index in [9.17, 15) is 4.79 Å². The van der Waals surface area contributed by atoms with E-state index in [1.807, 2.05) is 24.8 Å². The molecular formula is C14H25N3O. The quantitative estimate of drug-likeness (QED) is 0.582. The Morgan fingerprint density at radius 3 is 2.50 bits per heavy atom. The van der Waals surface area contributed by atoms with Crippen LogP contribution in [0.1, 0.15) is 46.0 Å². The highest BCUT2D eigenvalue weighted by atomic mass is 16.2. The number of nitrogens with zero attached hydrogens (tertiary/aromatic N) is 2. The van der Waals surface area contributed by atoms with E-state index in [1.165, 1.54) is 19.2 Å². The second kappa shape index (κ2) is 7.19. The smallest absolute Gasteiger partial charge is 0.248 e. The predicted molar refractivity (Wildman–Crippen MR) is 74.5 cm³/mol. The van der Waals surface area contributed by atoms with Gasteiger partial charge in [-0.2, -0.15) is 0 Å². The molecule has 1 atom stereocenters. The van der Waals surface area contributed by atoms with Gasteiger partial charge < -0.3 is 9.80 Å². The summed E-state index contributed by atoms with van der Waals surface area (Å²) in [5.74, 6) is 0.0750. The highest BCUT2D eigenvalue weighted by molar-refractivity contribution is 5.84. The first kappa shape index (κ1) is 14.7. The third-order valence-electron chi connectivity index (χ3n) is 3.65. The van der Waals surface area contributed by atoms with Crippen LogP contribution in [0.25, 0.3) is 0 Å². The zero-order valence-electron chi connectivity index (χ0n) is 11.7. The van der Waals surface area contributed by atoms with Gasteiger partial charge in [0.15, 0.2) is 0 Å². The number of allylic oxidation sites excluding steroid dienone is 1. The van der Waals surface area contributed by atoms with Crippen molar-refractivity contribution in [3.8, 4) is 0 Å². The Hall–Kier alpha value is -1.32. The monoisotopic (exact) mass is 251 g/mol. The summed E-state index contributed by atoms with van der Waals surface area (Å²) in [5, 5.41) is 7.61. The number of nitrogens with one attached hydrogen (secondary N) is 1. The molecule has 4 nitrogen and oxygen atoms in total. The van der Waals surface area contributed by atoms with Crippen molar-refractivity contribution >= 4 is 12.2 Å². The summed E-state index contributed by atoms with van der Waals surface area (Å²) in [7, 11) is 1.78. The Bertz CT molecular complexity index is 308. The fourth-order valence-electron chi connectivity index (χ4n) is 2.70. The lowest BCUT2D eigenvalue weighted by molar-refractivity contribution is -0.132. The van der Waals surface area contributed by atoms with Gasteiger partial charge in [-0.15, -0.1) is 0 Å². The van der Waals surface area contributed by atoms with Crippen LogP contribution in [-0.2, 0) is 4.79 Å². The van der Waals surface area contributed by atoms with Crippen molar-refractivity contribution in [1.82, 2.24) is 9.80 Å². The van der Waals surface area contributed by atoms with Gasteiger partial charge in [0, 0.05) is 19.3 Å². The van der Waals surface area contributed by atoms with E-state index in [0.717, 1.165) is 19.3 Å². The Labute approximate surface area is 110 Å². The van der Waals surface area contributed by atoms with E-state index in [1.54, 1.807) is 18.1 Å². The Kier molecular flexibility index (Phi) is 5.89. The SMILES string of the molecule is C/C=C/N(C)C(=O)C(CC)N(C=N)C1CCCC1. The van der Waals surface area contributed by atoms with Crippen LogP contribution in [0.15, 0.2) is 12.3 Å². The molecule has 0 aromatic heterocycles. The highest BCUT2D eigenvalue weighted by Gasteiger charge is 2.31. The van der Waals surface area contributed by atoms with Crippen molar-refractivity contribution in [2.75, 3.05) is 7.05 Å². The molecule has 1 amide bonds. The van der Waals surface area contributed by atoms with Gasteiger partial charge >= 0.3 is 0 Å². The lowest BCUT2D eigenvalue weighted by Crippen LogP contribution is -2.49. The zero-order chi connectivity index (χ0) is 13.5. The van der Waals surface area contributed by atoms with Crippen molar-refractivity contribution in [2.24, 2.45) is 0 Å². The molecule has 1 aliphatic rings. The normalized spacial score (nSPS) is 17.9. The minimum Gasteiger partial charge on any atom is -0.348 e. The maximum atomic E-state index is 12.4. The average molecular weight is 251 g/mol. The Morgan fingerprint density at radius 1 is 1.44 bits per heavy atom. The molecule has 1 aliphatic carbocycles. The molecule has 0 aromatic rings. The number of hydrogen-bond acceptors (Lipinski definition) is 2. The standard InChI is InChI=1S/C14H25N3O/c1-4-10-16(3)14(18)13(5-2)17(11-15)12-8-6-7-9-12/h4,10-13,15H,5-9H2,1-3H3/b10-4+,15-11?. The second-order valence-corrected chi connectivity index (χ2v) is 4.87. The molecular weight excluding hydrogens is 226 g/mol. The molecule has 0 aromatic carbocycles. The zero-order valence-corrected chi connectivity index (χ0v) is 11.7. The van der Waals surface area contributed by atoms with Crippen molar-refractivity contribution in [3.63, 3.8) is 0 Å². The van der Waals surface area contributed by atoms with E-state index in [-0.39, 0.29) is 11.9 Å². The fraction of sp³-hybridized carbons (Fsp3) is 0.714. The van der Waals surface area contributed by atoms with Crippen LogP contribution in [-0.4, -0.2) is 41.2 Å². The summed E-state index contributed by atoms with van der Waals surface area (Å²) in [6.07, 6.45) is 10.4. The molecule has 0 radical (unpaired) electrons. The number of hydrogen-bond donors (Lipinski definition) is 1. The maximum Gasteiger partial charge on any atom is 0.248 e. The molecule has 1 unspecified atom stereocenters. The van der Waals surface area contributed by atoms with Crippen LogP contribution >= 0.6 is 0 Å². The number of likely N-dealkylation sites (N-methyl/N-ethyl adjacent to an activating group) is 1. The lowest BCUT2D eigenvalue weighted by atomic mass is 10.1. The Balaban J connectivity index is 2.78. The van der Waals surface area contributed by atoms with Gasteiger partial charge in [-0.05, 0) is 26.2 Å². The molecule has 18 heavy (non-hydrogen) atoms. The van der Waals surface area contributed by atoms with E-state index in [0.29, 0.717) is 6.04 Å². The van der Waals surface area contributed by atoms with Crippen LogP contribution in [0.5, 0.6) is 0 Å². The van der Waals surface area contributed by atoms with Gasteiger partial charge in [0.05, 0.1) is 6.34 Å². The summed E-state index contributed by atoms with van der Waals surface area (Å²) in [4.78, 5) is 15.9. The van der Waals surface area contributed by atoms with Crippen molar-refractivity contribution in [3.05, 3.63) is 12.3 Å². The largest absolute Gasteiger partial charge is 0.348 e. The molecule has 1 saturated carbocycles. The second-order valence-electron chi connectivity index (χ2n) is 4.87. The first-order chi connectivity index (χ1) is 8.65. The average Bonchev–Trinajstić information content (AvgIpc) is 2.88. The molecule has 1 fully saturated rings. The summed E-state index contributed by atoms with van der Waals surface area (Å²) >= 11 is 0. The van der Waals surface area contributed by atoms with Gasteiger partial charge in [-0.3, -0.25) is 10.2 Å². The number of rotatable bonds is 6. The van der Waals surface area contributed by atoms with Crippen molar-refractivity contribution in [1.29, 1.82) is 5.41 Å². The van der Waals surface area contributed by atoms with Crippen LogP contribution in [0.3, 0.4) is 0 Å². The minimum absolute atomic E-state index is 0.0750. The summed E-state index contributed by atoms with van der Waals surface area (Å²) in [6, 6.07) is 0.169. The fourth-order valence-corrected chi connectivity index (χ4v) is 2.70. The van der Waals surface area contributed by atoms with Crippen molar-refractivity contribution < 1.29 is 4.79 Å².